The van der Waals surface area contributed by atoms with Crippen LogP contribution in [0.3, 0.4) is 0 Å². The molecule has 2 nitrogen and oxygen atoms in total. The molecule has 0 radical (unpaired) electrons. The van der Waals surface area contributed by atoms with Crippen molar-refractivity contribution in [2.75, 3.05) is 23.9 Å². The van der Waals surface area contributed by atoms with Crippen molar-refractivity contribution in [3.63, 3.8) is 0 Å². The molecule has 0 saturated heterocycles. The zero-order valence-corrected chi connectivity index (χ0v) is 8.88. The number of aryl methyl sites for hydroxylation is 1. The van der Waals surface area contributed by atoms with E-state index < -0.39 is 0 Å². The molecular weight excluding hydrogens is 184 g/mol. The molecule has 0 aliphatic rings. The van der Waals surface area contributed by atoms with Crippen molar-refractivity contribution in [3.05, 3.63) is 23.9 Å². The van der Waals surface area contributed by atoms with Crippen LogP contribution < -0.4 is 4.90 Å². The van der Waals surface area contributed by atoms with E-state index in [9.17, 15) is 0 Å². The van der Waals surface area contributed by atoms with Crippen molar-refractivity contribution in [2.24, 2.45) is 0 Å². The Kier molecular flexibility index (Phi) is 4.03. The first-order chi connectivity index (χ1) is 6.27. The number of nitrogens with zero attached hydrogens (tertiary/aromatic N) is 2. The van der Waals surface area contributed by atoms with Gasteiger partial charge in [0, 0.05) is 25.2 Å². The fourth-order valence-electron chi connectivity index (χ4n) is 1.23. The van der Waals surface area contributed by atoms with Crippen molar-refractivity contribution < 1.29 is 0 Å². The lowest BCUT2D eigenvalue weighted by Gasteiger charge is -2.20. The molecule has 0 bridgehead atoms. The first kappa shape index (κ1) is 10.3. The van der Waals surface area contributed by atoms with Crippen LogP contribution >= 0.6 is 11.6 Å². The lowest BCUT2D eigenvalue weighted by atomic mass is 10.3. The van der Waals surface area contributed by atoms with E-state index in [0.717, 1.165) is 18.9 Å². The average molecular weight is 199 g/mol. The largest absolute Gasteiger partial charge is 0.356 e. The van der Waals surface area contributed by atoms with Gasteiger partial charge >= 0.3 is 0 Å². The number of pyridine rings is 1. The molecule has 1 aromatic heterocycles. The van der Waals surface area contributed by atoms with Crippen LogP contribution in [0.1, 0.15) is 12.5 Å². The highest BCUT2D eigenvalue weighted by atomic mass is 35.5. The Balaban J connectivity index is 2.78. The SMILES string of the molecule is CCN(CCCl)c1cc(C)ccn1. The maximum atomic E-state index is 5.70. The molecule has 0 atom stereocenters. The number of hydrogen-bond donors (Lipinski definition) is 0. The van der Waals surface area contributed by atoms with E-state index >= 15 is 0 Å². The van der Waals surface area contributed by atoms with E-state index in [2.05, 4.69) is 29.8 Å². The molecule has 0 spiro atoms. The number of hydrogen-bond acceptors (Lipinski definition) is 2. The zero-order valence-electron chi connectivity index (χ0n) is 8.13. The molecule has 0 amide bonds. The van der Waals surface area contributed by atoms with Crippen LogP contribution in [0.25, 0.3) is 0 Å². The van der Waals surface area contributed by atoms with Gasteiger partial charge in [-0.25, -0.2) is 4.98 Å². The quantitative estimate of drug-likeness (QED) is 0.691. The molecule has 1 heterocycles. The predicted octanol–water partition coefficient (Wildman–Crippen LogP) is 2.46. The van der Waals surface area contributed by atoms with E-state index in [-0.39, 0.29) is 0 Å². The van der Waals surface area contributed by atoms with Crippen molar-refractivity contribution in [1.29, 1.82) is 0 Å². The van der Waals surface area contributed by atoms with Gasteiger partial charge in [0.1, 0.15) is 5.82 Å². The van der Waals surface area contributed by atoms with E-state index in [1.807, 2.05) is 12.3 Å². The van der Waals surface area contributed by atoms with Crippen LogP contribution in [0.4, 0.5) is 5.82 Å². The Hall–Kier alpha value is -0.760. The van der Waals surface area contributed by atoms with Crippen LogP contribution in [0, 0.1) is 6.92 Å². The Morgan fingerprint density at radius 2 is 2.31 bits per heavy atom. The van der Waals surface area contributed by atoms with Crippen molar-refractivity contribution in [3.8, 4) is 0 Å². The highest BCUT2D eigenvalue weighted by molar-refractivity contribution is 6.18. The van der Waals surface area contributed by atoms with Crippen molar-refractivity contribution in [1.82, 2.24) is 4.98 Å². The topological polar surface area (TPSA) is 16.1 Å². The fraction of sp³-hybridized carbons (Fsp3) is 0.500. The third-order valence-electron chi connectivity index (χ3n) is 1.96. The normalized spacial score (nSPS) is 10.1. The molecule has 0 N–H and O–H groups in total. The molecule has 3 heteroatoms. The van der Waals surface area contributed by atoms with Crippen LogP contribution in [0.15, 0.2) is 18.3 Å². The maximum absolute atomic E-state index is 5.70. The summed E-state index contributed by atoms with van der Waals surface area (Å²) in [5.74, 6) is 1.66. The number of halogens is 1. The molecule has 0 saturated carbocycles. The molecule has 0 fully saturated rings. The van der Waals surface area contributed by atoms with E-state index in [1.165, 1.54) is 5.56 Å². The molecule has 13 heavy (non-hydrogen) atoms. The highest BCUT2D eigenvalue weighted by Crippen LogP contribution is 2.11. The number of aromatic nitrogens is 1. The molecular formula is C10H15ClN2. The Bertz CT molecular complexity index is 263. The molecule has 1 rings (SSSR count). The minimum absolute atomic E-state index is 0.642. The summed E-state index contributed by atoms with van der Waals surface area (Å²) >= 11 is 5.70. The number of anilines is 1. The van der Waals surface area contributed by atoms with Gasteiger partial charge in [0.15, 0.2) is 0 Å². The second kappa shape index (κ2) is 5.07. The fourth-order valence-corrected chi connectivity index (χ4v) is 1.43. The molecule has 0 aromatic carbocycles. The molecule has 0 aliphatic carbocycles. The average Bonchev–Trinajstić information content (AvgIpc) is 2.14. The minimum atomic E-state index is 0.642. The van der Waals surface area contributed by atoms with Crippen LogP contribution in [-0.4, -0.2) is 24.0 Å². The minimum Gasteiger partial charge on any atom is -0.356 e. The summed E-state index contributed by atoms with van der Waals surface area (Å²) in [6.45, 7) is 5.98. The number of alkyl halides is 1. The van der Waals surface area contributed by atoms with E-state index in [0.29, 0.717) is 5.88 Å². The van der Waals surface area contributed by atoms with Gasteiger partial charge in [0.25, 0.3) is 0 Å². The first-order valence-corrected chi connectivity index (χ1v) is 5.05. The van der Waals surface area contributed by atoms with Gasteiger partial charge in [-0.05, 0) is 31.5 Å². The summed E-state index contributed by atoms with van der Waals surface area (Å²) in [7, 11) is 0. The summed E-state index contributed by atoms with van der Waals surface area (Å²) in [5, 5.41) is 0. The van der Waals surface area contributed by atoms with Crippen LogP contribution in [-0.2, 0) is 0 Å². The molecule has 0 aliphatic heterocycles. The van der Waals surface area contributed by atoms with Gasteiger partial charge in [0.05, 0.1) is 0 Å². The van der Waals surface area contributed by atoms with E-state index in [1.54, 1.807) is 0 Å². The van der Waals surface area contributed by atoms with Gasteiger partial charge in [-0.15, -0.1) is 11.6 Å². The van der Waals surface area contributed by atoms with Gasteiger partial charge in [-0.3, -0.25) is 0 Å². The summed E-state index contributed by atoms with van der Waals surface area (Å²) in [4.78, 5) is 6.46. The summed E-state index contributed by atoms with van der Waals surface area (Å²) in [6, 6.07) is 4.08. The number of rotatable bonds is 4. The Labute approximate surface area is 84.5 Å². The Morgan fingerprint density at radius 1 is 1.54 bits per heavy atom. The standard InChI is InChI=1S/C10H15ClN2/c1-3-13(7-5-11)10-8-9(2)4-6-12-10/h4,6,8H,3,5,7H2,1-2H3. The van der Waals surface area contributed by atoms with Crippen LogP contribution in [0.2, 0.25) is 0 Å². The van der Waals surface area contributed by atoms with Crippen LogP contribution in [0.5, 0.6) is 0 Å². The molecule has 0 unspecified atom stereocenters. The first-order valence-electron chi connectivity index (χ1n) is 4.51. The summed E-state index contributed by atoms with van der Waals surface area (Å²) < 4.78 is 0. The Morgan fingerprint density at radius 3 is 2.85 bits per heavy atom. The third-order valence-corrected chi connectivity index (χ3v) is 2.13. The summed E-state index contributed by atoms with van der Waals surface area (Å²) in [5.41, 5.74) is 1.23. The van der Waals surface area contributed by atoms with Crippen molar-refractivity contribution >= 4 is 17.4 Å². The van der Waals surface area contributed by atoms with Gasteiger partial charge in [-0.2, -0.15) is 0 Å². The zero-order chi connectivity index (χ0) is 9.68. The monoisotopic (exact) mass is 198 g/mol. The lowest BCUT2D eigenvalue weighted by Crippen LogP contribution is -2.25. The maximum Gasteiger partial charge on any atom is 0.128 e. The lowest BCUT2D eigenvalue weighted by molar-refractivity contribution is 0.848. The third kappa shape index (κ3) is 2.88. The highest BCUT2D eigenvalue weighted by Gasteiger charge is 2.03. The van der Waals surface area contributed by atoms with E-state index in [4.69, 9.17) is 11.6 Å². The molecule has 1 aromatic rings. The molecule has 72 valence electrons. The second-order valence-electron chi connectivity index (χ2n) is 2.96. The predicted molar refractivity (Wildman–Crippen MR) is 57.6 cm³/mol. The summed E-state index contributed by atoms with van der Waals surface area (Å²) in [6.07, 6.45) is 1.83. The van der Waals surface area contributed by atoms with Gasteiger partial charge in [0.2, 0.25) is 0 Å². The van der Waals surface area contributed by atoms with Crippen molar-refractivity contribution in [2.45, 2.75) is 13.8 Å². The van der Waals surface area contributed by atoms with Gasteiger partial charge in [-0.1, -0.05) is 0 Å². The smallest absolute Gasteiger partial charge is 0.128 e. The second-order valence-corrected chi connectivity index (χ2v) is 3.34. The van der Waals surface area contributed by atoms with Gasteiger partial charge < -0.3 is 4.90 Å².